The van der Waals surface area contributed by atoms with E-state index in [2.05, 4.69) is 41.2 Å². The molecule has 0 aliphatic carbocycles. The van der Waals surface area contributed by atoms with Crippen molar-refractivity contribution in [3.05, 3.63) is 24.3 Å². The van der Waals surface area contributed by atoms with E-state index in [9.17, 15) is 0 Å². The molecule has 1 fully saturated rings. The molecule has 0 spiro atoms. The molecule has 1 aliphatic rings. The maximum Gasteiger partial charge on any atom is 0.0510 e. The first-order valence-electron chi connectivity index (χ1n) is 4.50. The number of thioether (sulfide) groups is 1. The van der Waals surface area contributed by atoms with Crippen LogP contribution in [0.3, 0.4) is 0 Å². The SMILES string of the molecule is CSc1ccc(NC2CNC2)cc1. The average Bonchev–Trinajstić information content (AvgIpc) is 2.12. The van der Waals surface area contributed by atoms with Gasteiger partial charge in [-0.2, -0.15) is 0 Å². The van der Waals surface area contributed by atoms with Crippen LogP contribution in [0.15, 0.2) is 29.2 Å². The van der Waals surface area contributed by atoms with Crippen molar-refractivity contribution >= 4 is 17.4 Å². The quantitative estimate of drug-likeness (QED) is 0.717. The number of anilines is 1. The molecule has 0 atom stereocenters. The summed E-state index contributed by atoms with van der Waals surface area (Å²) in [4.78, 5) is 1.32. The molecule has 0 saturated carbocycles. The van der Waals surface area contributed by atoms with Crippen molar-refractivity contribution in [1.82, 2.24) is 5.32 Å². The summed E-state index contributed by atoms with van der Waals surface area (Å²) in [6, 6.07) is 9.21. The minimum Gasteiger partial charge on any atom is -0.380 e. The fourth-order valence-electron chi connectivity index (χ4n) is 1.31. The van der Waals surface area contributed by atoms with Gasteiger partial charge in [0, 0.05) is 23.7 Å². The highest BCUT2D eigenvalue weighted by atomic mass is 32.2. The average molecular weight is 194 g/mol. The molecule has 1 aliphatic heterocycles. The van der Waals surface area contributed by atoms with E-state index in [0.29, 0.717) is 6.04 Å². The molecule has 13 heavy (non-hydrogen) atoms. The van der Waals surface area contributed by atoms with Crippen molar-refractivity contribution in [2.75, 3.05) is 24.7 Å². The second-order valence-electron chi connectivity index (χ2n) is 3.23. The van der Waals surface area contributed by atoms with Crippen molar-refractivity contribution in [1.29, 1.82) is 0 Å². The van der Waals surface area contributed by atoms with Gasteiger partial charge in [0.05, 0.1) is 6.04 Å². The lowest BCUT2D eigenvalue weighted by Gasteiger charge is -2.28. The standard InChI is InChI=1S/C10H14N2S/c1-13-10-4-2-8(3-5-10)12-9-6-11-7-9/h2-5,9,11-12H,6-7H2,1H3. The maximum absolute atomic E-state index is 3.46. The molecule has 0 radical (unpaired) electrons. The molecule has 1 heterocycles. The lowest BCUT2D eigenvalue weighted by Crippen LogP contribution is -2.51. The Labute approximate surface area is 83.1 Å². The Kier molecular flexibility index (Phi) is 2.76. The monoisotopic (exact) mass is 194 g/mol. The van der Waals surface area contributed by atoms with Gasteiger partial charge >= 0.3 is 0 Å². The normalized spacial score (nSPS) is 16.7. The van der Waals surface area contributed by atoms with Crippen LogP contribution >= 0.6 is 11.8 Å². The van der Waals surface area contributed by atoms with E-state index in [1.54, 1.807) is 11.8 Å². The zero-order valence-electron chi connectivity index (χ0n) is 7.71. The molecule has 2 N–H and O–H groups in total. The maximum atomic E-state index is 3.46. The zero-order chi connectivity index (χ0) is 9.10. The van der Waals surface area contributed by atoms with E-state index in [1.807, 2.05) is 0 Å². The van der Waals surface area contributed by atoms with Gasteiger partial charge in [0.25, 0.3) is 0 Å². The van der Waals surface area contributed by atoms with Crippen LogP contribution in [0.1, 0.15) is 0 Å². The molecule has 2 rings (SSSR count). The van der Waals surface area contributed by atoms with Crippen LogP contribution in [0, 0.1) is 0 Å². The molecule has 1 aromatic carbocycles. The van der Waals surface area contributed by atoms with Crippen molar-refractivity contribution in [3.63, 3.8) is 0 Å². The molecule has 2 nitrogen and oxygen atoms in total. The lowest BCUT2D eigenvalue weighted by molar-refractivity contribution is 0.472. The van der Waals surface area contributed by atoms with Gasteiger partial charge in [0.15, 0.2) is 0 Å². The summed E-state index contributed by atoms with van der Waals surface area (Å²) < 4.78 is 0. The highest BCUT2D eigenvalue weighted by Gasteiger charge is 2.15. The van der Waals surface area contributed by atoms with E-state index < -0.39 is 0 Å². The summed E-state index contributed by atoms with van der Waals surface area (Å²) in [5, 5.41) is 6.70. The Morgan fingerprint density at radius 3 is 2.46 bits per heavy atom. The molecular weight excluding hydrogens is 180 g/mol. The second-order valence-corrected chi connectivity index (χ2v) is 4.11. The van der Waals surface area contributed by atoms with Gasteiger partial charge in [-0.05, 0) is 30.5 Å². The van der Waals surface area contributed by atoms with Gasteiger partial charge in [-0.25, -0.2) is 0 Å². The number of nitrogens with one attached hydrogen (secondary N) is 2. The minimum atomic E-state index is 0.625. The third-order valence-corrected chi connectivity index (χ3v) is 2.99. The van der Waals surface area contributed by atoms with Crippen LogP contribution in [0.5, 0.6) is 0 Å². The predicted octanol–water partition coefficient (Wildman–Crippen LogP) is 1.79. The molecule has 1 saturated heterocycles. The van der Waals surface area contributed by atoms with E-state index in [4.69, 9.17) is 0 Å². The summed E-state index contributed by atoms with van der Waals surface area (Å²) in [6.45, 7) is 2.18. The van der Waals surface area contributed by atoms with Crippen molar-refractivity contribution in [2.24, 2.45) is 0 Å². The van der Waals surface area contributed by atoms with Crippen LogP contribution in [-0.2, 0) is 0 Å². The van der Waals surface area contributed by atoms with Gasteiger partial charge in [-0.1, -0.05) is 0 Å². The van der Waals surface area contributed by atoms with Crippen LogP contribution in [0.2, 0.25) is 0 Å². The highest BCUT2D eigenvalue weighted by Crippen LogP contribution is 2.18. The zero-order valence-corrected chi connectivity index (χ0v) is 8.53. The number of rotatable bonds is 3. The number of benzene rings is 1. The molecule has 0 unspecified atom stereocenters. The molecule has 0 aromatic heterocycles. The van der Waals surface area contributed by atoms with E-state index in [-0.39, 0.29) is 0 Å². The molecular formula is C10H14N2S. The summed E-state index contributed by atoms with van der Waals surface area (Å²) in [5.74, 6) is 0. The highest BCUT2D eigenvalue weighted by molar-refractivity contribution is 7.98. The Balaban J connectivity index is 1.96. The van der Waals surface area contributed by atoms with E-state index >= 15 is 0 Å². The Bertz CT molecular complexity index is 267. The lowest BCUT2D eigenvalue weighted by atomic mass is 10.1. The molecule has 0 bridgehead atoms. The predicted molar refractivity (Wildman–Crippen MR) is 58.5 cm³/mol. The second kappa shape index (κ2) is 4.03. The van der Waals surface area contributed by atoms with E-state index in [1.165, 1.54) is 10.6 Å². The van der Waals surface area contributed by atoms with Crippen LogP contribution < -0.4 is 10.6 Å². The summed E-state index contributed by atoms with van der Waals surface area (Å²) in [6.07, 6.45) is 2.10. The first-order chi connectivity index (χ1) is 6.38. The first kappa shape index (κ1) is 8.91. The third kappa shape index (κ3) is 2.17. The van der Waals surface area contributed by atoms with Crippen molar-refractivity contribution in [2.45, 2.75) is 10.9 Å². The summed E-state index contributed by atoms with van der Waals surface area (Å²) >= 11 is 1.78. The molecule has 3 heteroatoms. The Hall–Kier alpha value is -0.670. The van der Waals surface area contributed by atoms with Crippen LogP contribution in [0.4, 0.5) is 5.69 Å². The van der Waals surface area contributed by atoms with Crippen LogP contribution in [0.25, 0.3) is 0 Å². The molecule has 70 valence electrons. The van der Waals surface area contributed by atoms with Crippen molar-refractivity contribution < 1.29 is 0 Å². The van der Waals surface area contributed by atoms with Gasteiger partial charge in [0.2, 0.25) is 0 Å². The number of hydrogen-bond acceptors (Lipinski definition) is 3. The third-order valence-electron chi connectivity index (χ3n) is 2.24. The van der Waals surface area contributed by atoms with Gasteiger partial charge in [0.1, 0.15) is 0 Å². The summed E-state index contributed by atoms with van der Waals surface area (Å²) in [7, 11) is 0. The smallest absolute Gasteiger partial charge is 0.0510 e. The number of hydrogen-bond donors (Lipinski definition) is 2. The Morgan fingerprint density at radius 2 is 2.00 bits per heavy atom. The molecule has 1 aromatic rings. The van der Waals surface area contributed by atoms with Gasteiger partial charge in [-0.3, -0.25) is 0 Å². The fraction of sp³-hybridized carbons (Fsp3) is 0.400. The largest absolute Gasteiger partial charge is 0.380 e. The van der Waals surface area contributed by atoms with Gasteiger partial charge in [-0.15, -0.1) is 11.8 Å². The van der Waals surface area contributed by atoms with Crippen LogP contribution in [-0.4, -0.2) is 25.4 Å². The topological polar surface area (TPSA) is 24.1 Å². The molecule has 0 amide bonds. The summed E-state index contributed by atoms with van der Waals surface area (Å²) in [5.41, 5.74) is 1.23. The first-order valence-corrected chi connectivity index (χ1v) is 5.72. The fourth-order valence-corrected chi connectivity index (χ4v) is 1.72. The minimum absolute atomic E-state index is 0.625. The van der Waals surface area contributed by atoms with E-state index in [0.717, 1.165) is 13.1 Å². The Morgan fingerprint density at radius 1 is 1.31 bits per heavy atom. The van der Waals surface area contributed by atoms with Crippen molar-refractivity contribution in [3.8, 4) is 0 Å². The van der Waals surface area contributed by atoms with Gasteiger partial charge < -0.3 is 10.6 Å².